The summed E-state index contributed by atoms with van der Waals surface area (Å²) in [6.45, 7) is 2.61. The molecule has 0 saturated heterocycles. The lowest BCUT2D eigenvalue weighted by Crippen LogP contribution is -2.34. The monoisotopic (exact) mass is 416 g/mol. The van der Waals surface area contributed by atoms with E-state index in [9.17, 15) is 14.7 Å². The number of fused-ring (bicyclic) bond motifs is 1. The van der Waals surface area contributed by atoms with Gasteiger partial charge in [-0.3, -0.25) is 4.79 Å². The van der Waals surface area contributed by atoms with Crippen molar-refractivity contribution in [1.82, 2.24) is 5.32 Å². The van der Waals surface area contributed by atoms with Crippen molar-refractivity contribution >= 4 is 44.9 Å². The molecule has 0 aliphatic carbocycles. The molecule has 1 aromatic heterocycles. The van der Waals surface area contributed by atoms with Gasteiger partial charge in [0.15, 0.2) is 0 Å². The molecule has 0 unspecified atom stereocenters. The van der Waals surface area contributed by atoms with Gasteiger partial charge in [-0.05, 0) is 30.2 Å². The summed E-state index contributed by atoms with van der Waals surface area (Å²) in [5, 5.41) is 15.1. The molecule has 0 aliphatic rings. The summed E-state index contributed by atoms with van der Waals surface area (Å²) in [5.41, 5.74) is 0.652. The van der Waals surface area contributed by atoms with Gasteiger partial charge in [0.25, 0.3) is 5.91 Å². The van der Waals surface area contributed by atoms with Crippen LogP contribution in [0.5, 0.6) is 5.75 Å². The molecule has 0 saturated carbocycles. The first-order valence-electron chi connectivity index (χ1n) is 8.90. The van der Waals surface area contributed by atoms with E-state index in [1.807, 2.05) is 31.2 Å². The number of thiophene rings is 1. The quantitative estimate of drug-likeness (QED) is 0.603. The Morgan fingerprint density at radius 3 is 2.54 bits per heavy atom. The van der Waals surface area contributed by atoms with Gasteiger partial charge in [0.05, 0.1) is 17.7 Å². The molecule has 0 bridgehead atoms. The first-order chi connectivity index (χ1) is 13.5. The Labute approximate surface area is 171 Å². The molecule has 0 aliphatic heterocycles. The van der Waals surface area contributed by atoms with Crippen molar-refractivity contribution < 1.29 is 19.4 Å². The van der Waals surface area contributed by atoms with Gasteiger partial charge in [-0.1, -0.05) is 48.9 Å². The Balaban J connectivity index is 1.82. The highest BCUT2D eigenvalue weighted by atomic mass is 35.5. The molecule has 2 aromatic carbocycles. The standard InChI is InChI=1S/C21H20ClNO4S/c1-2-11-27-14-9-7-13(8-10-14)16(12-18(24)25)23-21(26)20-19(22)15-5-3-4-6-17(15)28-20/h3-10,16H,2,11-12H2,1H3,(H,23,26)(H,24,25)/p-1/t16-/m0/s1. The van der Waals surface area contributed by atoms with E-state index in [-0.39, 0.29) is 6.42 Å². The molecule has 146 valence electrons. The van der Waals surface area contributed by atoms with Gasteiger partial charge in [0, 0.05) is 22.5 Å². The minimum absolute atomic E-state index is 0.344. The number of nitrogens with one attached hydrogen (secondary N) is 1. The fraction of sp³-hybridized carbons (Fsp3) is 0.238. The third-order valence-corrected chi connectivity index (χ3v) is 5.85. The van der Waals surface area contributed by atoms with Crippen LogP contribution in [-0.4, -0.2) is 18.5 Å². The van der Waals surface area contributed by atoms with Gasteiger partial charge in [-0.25, -0.2) is 0 Å². The molecule has 1 atom stereocenters. The maximum atomic E-state index is 12.8. The van der Waals surface area contributed by atoms with E-state index in [1.54, 1.807) is 24.3 Å². The zero-order valence-electron chi connectivity index (χ0n) is 15.2. The minimum Gasteiger partial charge on any atom is -0.550 e. The number of halogens is 1. The minimum atomic E-state index is -1.25. The van der Waals surface area contributed by atoms with Gasteiger partial charge in [-0.2, -0.15) is 0 Å². The molecule has 0 fully saturated rings. The van der Waals surface area contributed by atoms with Gasteiger partial charge >= 0.3 is 0 Å². The van der Waals surface area contributed by atoms with Crippen molar-refractivity contribution in [3.05, 3.63) is 64.0 Å². The number of amides is 1. The normalized spacial score (nSPS) is 11.9. The maximum absolute atomic E-state index is 12.8. The average Bonchev–Trinajstić information content (AvgIpc) is 3.03. The van der Waals surface area contributed by atoms with Crippen LogP contribution in [0, 0.1) is 0 Å². The second-order valence-electron chi connectivity index (χ2n) is 6.26. The first kappa shape index (κ1) is 20.2. The van der Waals surface area contributed by atoms with Crippen LogP contribution in [0.4, 0.5) is 0 Å². The zero-order chi connectivity index (χ0) is 20.1. The number of ether oxygens (including phenoxy) is 1. The second kappa shape index (κ2) is 9.08. The third kappa shape index (κ3) is 4.64. The predicted octanol–water partition coefficient (Wildman–Crippen LogP) is 3.95. The van der Waals surface area contributed by atoms with E-state index in [0.717, 1.165) is 16.5 Å². The predicted molar refractivity (Wildman–Crippen MR) is 109 cm³/mol. The third-order valence-electron chi connectivity index (χ3n) is 4.17. The van der Waals surface area contributed by atoms with Crippen LogP contribution < -0.4 is 15.2 Å². The highest BCUT2D eigenvalue weighted by Gasteiger charge is 2.21. The number of hydrogen-bond acceptors (Lipinski definition) is 5. The molecule has 0 spiro atoms. The van der Waals surface area contributed by atoms with Crippen LogP contribution in [-0.2, 0) is 4.79 Å². The SMILES string of the molecule is CCCOc1ccc([C@H](CC(=O)[O-])NC(=O)c2sc3ccccc3c2Cl)cc1. The highest BCUT2D eigenvalue weighted by Crippen LogP contribution is 2.35. The Kier molecular flexibility index (Phi) is 6.54. The number of hydrogen-bond donors (Lipinski definition) is 1. The van der Waals surface area contributed by atoms with Crippen LogP contribution >= 0.6 is 22.9 Å². The van der Waals surface area contributed by atoms with Crippen molar-refractivity contribution in [2.75, 3.05) is 6.61 Å². The molecule has 3 rings (SSSR count). The van der Waals surface area contributed by atoms with Crippen molar-refractivity contribution in [2.45, 2.75) is 25.8 Å². The van der Waals surface area contributed by atoms with Crippen molar-refractivity contribution in [3.8, 4) is 5.75 Å². The number of aliphatic carboxylic acids is 1. The number of rotatable bonds is 8. The fourth-order valence-electron chi connectivity index (χ4n) is 2.82. The van der Waals surface area contributed by atoms with Crippen molar-refractivity contribution in [2.24, 2.45) is 0 Å². The Morgan fingerprint density at radius 2 is 1.89 bits per heavy atom. The van der Waals surface area contributed by atoms with Crippen LogP contribution in [0.1, 0.15) is 41.0 Å². The molecule has 7 heteroatoms. The van der Waals surface area contributed by atoms with Gasteiger partial charge < -0.3 is 20.0 Å². The summed E-state index contributed by atoms with van der Waals surface area (Å²) in [5.74, 6) is -0.973. The zero-order valence-corrected chi connectivity index (χ0v) is 16.8. The van der Waals surface area contributed by atoms with Crippen LogP contribution in [0.2, 0.25) is 5.02 Å². The van der Waals surface area contributed by atoms with Gasteiger partial charge in [-0.15, -0.1) is 11.3 Å². The van der Waals surface area contributed by atoms with Crippen LogP contribution in [0.3, 0.4) is 0 Å². The number of carboxylic acid groups (broad SMARTS) is 1. The highest BCUT2D eigenvalue weighted by molar-refractivity contribution is 7.21. The van der Waals surface area contributed by atoms with E-state index < -0.39 is 17.9 Å². The number of carbonyl (C=O) groups excluding carboxylic acids is 2. The lowest BCUT2D eigenvalue weighted by atomic mass is 10.0. The fourth-order valence-corrected chi connectivity index (χ4v) is 4.24. The Morgan fingerprint density at radius 1 is 1.18 bits per heavy atom. The van der Waals surface area contributed by atoms with E-state index in [2.05, 4.69) is 5.32 Å². The van der Waals surface area contributed by atoms with E-state index >= 15 is 0 Å². The summed E-state index contributed by atoms with van der Waals surface area (Å²) >= 11 is 7.63. The molecule has 1 N–H and O–H groups in total. The van der Waals surface area contributed by atoms with E-state index in [0.29, 0.717) is 27.8 Å². The largest absolute Gasteiger partial charge is 0.550 e. The molecular weight excluding hydrogens is 398 g/mol. The second-order valence-corrected chi connectivity index (χ2v) is 7.69. The van der Waals surface area contributed by atoms with E-state index in [4.69, 9.17) is 16.3 Å². The van der Waals surface area contributed by atoms with E-state index in [1.165, 1.54) is 11.3 Å². The molecule has 28 heavy (non-hydrogen) atoms. The Bertz CT molecular complexity index is 984. The summed E-state index contributed by atoms with van der Waals surface area (Å²) in [6, 6.07) is 13.7. The molecule has 3 aromatic rings. The van der Waals surface area contributed by atoms with Crippen molar-refractivity contribution in [1.29, 1.82) is 0 Å². The number of carbonyl (C=O) groups is 2. The van der Waals surface area contributed by atoms with Crippen molar-refractivity contribution in [3.63, 3.8) is 0 Å². The molecule has 1 amide bonds. The summed E-state index contributed by atoms with van der Waals surface area (Å²) in [4.78, 5) is 24.3. The van der Waals surface area contributed by atoms with Crippen LogP contribution in [0.25, 0.3) is 10.1 Å². The number of carboxylic acids is 1. The summed E-state index contributed by atoms with van der Waals surface area (Å²) in [7, 11) is 0. The lowest BCUT2D eigenvalue weighted by molar-refractivity contribution is -0.306. The Hall–Kier alpha value is -2.57. The molecular formula is C21H19ClNO4S-. The molecule has 5 nitrogen and oxygen atoms in total. The van der Waals surface area contributed by atoms with Gasteiger partial charge in [0.1, 0.15) is 10.6 Å². The topological polar surface area (TPSA) is 78.5 Å². The first-order valence-corrected chi connectivity index (χ1v) is 10.1. The summed E-state index contributed by atoms with van der Waals surface area (Å²) < 4.78 is 6.43. The smallest absolute Gasteiger partial charge is 0.263 e. The number of benzene rings is 2. The summed E-state index contributed by atoms with van der Waals surface area (Å²) in [6.07, 6.45) is 0.546. The lowest BCUT2D eigenvalue weighted by Gasteiger charge is -2.20. The van der Waals surface area contributed by atoms with Gasteiger partial charge in [0.2, 0.25) is 0 Å². The van der Waals surface area contributed by atoms with Crippen LogP contribution in [0.15, 0.2) is 48.5 Å². The maximum Gasteiger partial charge on any atom is 0.263 e. The average molecular weight is 417 g/mol. The molecule has 1 heterocycles. The molecule has 0 radical (unpaired) electrons.